The van der Waals surface area contributed by atoms with Crippen molar-refractivity contribution in [2.24, 2.45) is 5.73 Å². The van der Waals surface area contributed by atoms with Crippen LogP contribution >= 0.6 is 0 Å². The lowest BCUT2D eigenvalue weighted by Crippen LogP contribution is -2.40. The molecule has 1 unspecified atom stereocenters. The fourth-order valence-electron chi connectivity index (χ4n) is 1.54. The highest BCUT2D eigenvalue weighted by Crippen LogP contribution is 2.18. The molecule has 0 saturated heterocycles. The zero-order valence-electron chi connectivity index (χ0n) is 10.6. The van der Waals surface area contributed by atoms with Crippen LogP contribution in [0, 0.1) is 0 Å². The number of nitrogens with zero attached hydrogens (tertiary/aromatic N) is 1. The molecule has 1 amide bonds. The maximum Gasteiger partial charge on any atom is 0.227 e. The zero-order valence-corrected chi connectivity index (χ0v) is 10.6. The molecule has 0 aromatic heterocycles. The van der Waals surface area contributed by atoms with Crippen LogP contribution in [0.2, 0.25) is 0 Å². The second-order valence-corrected chi connectivity index (χ2v) is 4.08. The maximum atomic E-state index is 12.0. The van der Waals surface area contributed by atoms with E-state index in [4.69, 9.17) is 10.5 Å². The van der Waals surface area contributed by atoms with Crippen molar-refractivity contribution in [2.75, 3.05) is 20.7 Å². The highest BCUT2D eigenvalue weighted by molar-refractivity contribution is 5.79. The third-order valence-electron chi connectivity index (χ3n) is 2.93. The third-order valence-corrected chi connectivity index (χ3v) is 2.93. The van der Waals surface area contributed by atoms with Crippen LogP contribution in [-0.4, -0.2) is 37.6 Å². The summed E-state index contributed by atoms with van der Waals surface area (Å²) < 4.78 is 5.22. The molecule has 0 saturated carbocycles. The fourth-order valence-corrected chi connectivity index (χ4v) is 1.54. The average Bonchev–Trinajstić information content (AvgIpc) is 2.37. The summed E-state index contributed by atoms with van der Waals surface area (Å²) in [6.07, 6.45) is 0.338. The number of hydrogen-bond acceptors (Lipinski definition) is 3. The summed E-state index contributed by atoms with van der Waals surface area (Å²) in [6, 6.07) is 7.60. The second kappa shape index (κ2) is 6.25. The Kier molecular flexibility index (Phi) is 4.97. The summed E-state index contributed by atoms with van der Waals surface area (Å²) in [5.74, 6) is 0.794. The summed E-state index contributed by atoms with van der Waals surface area (Å²) in [7, 11) is 3.38. The van der Waals surface area contributed by atoms with Gasteiger partial charge in [0.05, 0.1) is 13.5 Å². The van der Waals surface area contributed by atoms with E-state index in [-0.39, 0.29) is 11.9 Å². The molecule has 0 aliphatic heterocycles. The van der Waals surface area contributed by atoms with E-state index in [0.717, 1.165) is 11.3 Å². The van der Waals surface area contributed by atoms with Crippen molar-refractivity contribution in [3.63, 3.8) is 0 Å². The highest BCUT2D eigenvalue weighted by atomic mass is 16.5. The van der Waals surface area contributed by atoms with Gasteiger partial charge in [-0.25, -0.2) is 0 Å². The van der Waals surface area contributed by atoms with Gasteiger partial charge in [-0.05, 0) is 13.0 Å². The third kappa shape index (κ3) is 3.46. The van der Waals surface area contributed by atoms with Crippen LogP contribution < -0.4 is 10.5 Å². The first-order chi connectivity index (χ1) is 8.10. The van der Waals surface area contributed by atoms with Crippen molar-refractivity contribution >= 4 is 5.91 Å². The van der Waals surface area contributed by atoms with E-state index < -0.39 is 0 Å². The molecule has 0 aliphatic carbocycles. The van der Waals surface area contributed by atoms with Crippen LogP contribution in [0.1, 0.15) is 12.5 Å². The Bertz CT molecular complexity index is 379. The number of benzene rings is 1. The van der Waals surface area contributed by atoms with E-state index in [2.05, 4.69) is 0 Å². The van der Waals surface area contributed by atoms with Gasteiger partial charge in [0.25, 0.3) is 0 Å². The molecule has 0 heterocycles. The van der Waals surface area contributed by atoms with Gasteiger partial charge < -0.3 is 15.4 Å². The molecule has 1 rings (SSSR count). The van der Waals surface area contributed by atoms with Crippen molar-refractivity contribution in [3.05, 3.63) is 29.8 Å². The van der Waals surface area contributed by atoms with Crippen LogP contribution in [0.3, 0.4) is 0 Å². The minimum atomic E-state index is 0.0486. The average molecular weight is 236 g/mol. The van der Waals surface area contributed by atoms with Crippen LogP contribution in [0.15, 0.2) is 24.3 Å². The van der Waals surface area contributed by atoms with Crippen molar-refractivity contribution in [1.82, 2.24) is 4.90 Å². The number of amides is 1. The lowest BCUT2D eigenvalue weighted by Gasteiger charge is -2.24. The summed E-state index contributed by atoms with van der Waals surface area (Å²) in [4.78, 5) is 13.7. The van der Waals surface area contributed by atoms with Gasteiger partial charge in [-0.1, -0.05) is 18.2 Å². The Hall–Kier alpha value is -1.55. The van der Waals surface area contributed by atoms with Gasteiger partial charge >= 0.3 is 0 Å². The van der Waals surface area contributed by atoms with Gasteiger partial charge in [-0.3, -0.25) is 4.79 Å². The second-order valence-electron chi connectivity index (χ2n) is 4.08. The van der Waals surface area contributed by atoms with Crippen molar-refractivity contribution in [1.29, 1.82) is 0 Å². The lowest BCUT2D eigenvalue weighted by molar-refractivity contribution is -0.130. The lowest BCUT2D eigenvalue weighted by atomic mass is 10.1. The molecule has 0 spiro atoms. The van der Waals surface area contributed by atoms with E-state index in [9.17, 15) is 4.79 Å². The molecule has 0 radical (unpaired) electrons. The first kappa shape index (κ1) is 13.5. The molecule has 0 fully saturated rings. The summed E-state index contributed by atoms with van der Waals surface area (Å²) in [5, 5.41) is 0. The molecule has 4 nitrogen and oxygen atoms in total. The summed E-state index contributed by atoms with van der Waals surface area (Å²) >= 11 is 0. The van der Waals surface area contributed by atoms with Crippen LogP contribution in [0.4, 0.5) is 0 Å². The molecule has 2 N–H and O–H groups in total. The predicted molar refractivity (Wildman–Crippen MR) is 68.0 cm³/mol. The monoisotopic (exact) mass is 236 g/mol. The Labute approximate surface area is 102 Å². The molecule has 17 heavy (non-hydrogen) atoms. The van der Waals surface area contributed by atoms with Crippen LogP contribution in [-0.2, 0) is 11.2 Å². The predicted octanol–water partition coefficient (Wildman–Crippen LogP) is 1.04. The van der Waals surface area contributed by atoms with Gasteiger partial charge in [0.1, 0.15) is 5.75 Å². The quantitative estimate of drug-likeness (QED) is 0.831. The van der Waals surface area contributed by atoms with Crippen LogP contribution in [0.5, 0.6) is 5.75 Å². The maximum absolute atomic E-state index is 12.0. The molecule has 0 aliphatic rings. The molecule has 0 bridgehead atoms. The standard InChI is InChI=1S/C13H20N2O2/c1-10(9-14)15(2)13(16)8-11-6-4-5-7-12(11)17-3/h4-7,10H,8-9,14H2,1-3H3. The molecule has 94 valence electrons. The summed E-state index contributed by atoms with van der Waals surface area (Å²) in [6.45, 7) is 2.40. The number of likely N-dealkylation sites (N-methyl/N-ethyl adjacent to an activating group) is 1. The number of carbonyl (C=O) groups excluding carboxylic acids is 1. The van der Waals surface area contributed by atoms with E-state index in [0.29, 0.717) is 13.0 Å². The first-order valence-corrected chi connectivity index (χ1v) is 5.67. The first-order valence-electron chi connectivity index (χ1n) is 5.67. The molecule has 4 heteroatoms. The summed E-state index contributed by atoms with van der Waals surface area (Å²) in [5.41, 5.74) is 6.44. The largest absolute Gasteiger partial charge is 0.496 e. The van der Waals surface area contributed by atoms with Gasteiger partial charge in [0.2, 0.25) is 5.91 Å². The van der Waals surface area contributed by atoms with E-state index in [1.54, 1.807) is 19.1 Å². The number of rotatable bonds is 5. The Morgan fingerprint density at radius 3 is 2.71 bits per heavy atom. The van der Waals surface area contributed by atoms with Gasteiger partial charge in [-0.15, -0.1) is 0 Å². The number of hydrogen-bond donors (Lipinski definition) is 1. The van der Waals surface area contributed by atoms with Crippen LogP contribution in [0.25, 0.3) is 0 Å². The van der Waals surface area contributed by atoms with Crippen molar-refractivity contribution in [2.45, 2.75) is 19.4 Å². The number of carbonyl (C=O) groups is 1. The normalized spacial score (nSPS) is 12.0. The number of para-hydroxylation sites is 1. The van der Waals surface area contributed by atoms with Gasteiger partial charge in [0.15, 0.2) is 0 Å². The van der Waals surface area contributed by atoms with Crippen molar-refractivity contribution < 1.29 is 9.53 Å². The Morgan fingerprint density at radius 2 is 2.12 bits per heavy atom. The Balaban J connectivity index is 2.74. The smallest absolute Gasteiger partial charge is 0.227 e. The SMILES string of the molecule is COc1ccccc1CC(=O)N(C)C(C)CN. The van der Waals surface area contributed by atoms with Gasteiger partial charge in [-0.2, -0.15) is 0 Å². The molecular weight excluding hydrogens is 216 g/mol. The highest BCUT2D eigenvalue weighted by Gasteiger charge is 2.16. The van der Waals surface area contributed by atoms with E-state index >= 15 is 0 Å². The molecule has 1 aromatic rings. The zero-order chi connectivity index (χ0) is 12.8. The van der Waals surface area contributed by atoms with Gasteiger partial charge in [0, 0.05) is 25.2 Å². The number of methoxy groups -OCH3 is 1. The topological polar surface area (TPSA) is 55.6 Å². The number of ether oxygens (including phenoxy) is 1. The van der Waals surface area contributed by atoms with E-state index in [1.165, 1.54) is 0 Å². The molecule has 1 aromatic carbocycles. The minimum Gasteiger partial charge on any atom is -0.496 e. The number of nitrogens with two attached hydrogens (primary N) is 1. The fraction of sp³-hybridized carbons (Fsp3) is 0.462. The Morgan fingerprint density at radius 1 is 1.47 bits per heavy atom. The molecule has 1 atom stereocenters. The minimum absolute atomic E-state index is 0.0486. The molecular formula is C13H20N2O2. The van der Waals surface area contributed by atoms with E-state index in [1.807, 2.05) is 31.2 Å². The van der Waals surface area contributed by atoms with Crippen molar-refractivity contribution in [3.8, 4) is 5.75 Å².